The van der Waals surface area contributed by atoms with Crippen LogP contribution in [0.25, 0.3) is 0 Å². The second-order valence-electron chi connectivity index (χ2n) is 8.81. The van der Waals surface area contributed by atoms with Crippen LogP contribution in [0, 0.1) is 0 Å². The molecule has 10 heteroatoms. The lowest BCUT2D eigenvalue weighted by Gasteiger charge is -2.40. The molecule has 0 aromatic heterocycles. The van der Waals surface area contributed by atoms with Gasteiger partial charge in [-0.3, -0.25) is 9.59 Å². The van der Waals surface area contributed by atoms with Gasteiger partial charge in [0, 0.05) is 30.4 Å². The zero-order chi connectivity index (χ0) is 28.3. The highest BCUT2D eigenvalue weighted by atomic mass is 16.5. The van der Waals surface area contributed by atoms with E-state index in [1.807, 2.05) is 12.1 Å². The van der Waals surface area contributed by atoms with E-state index in [0.29, 0.717) is 51.3 Å². The Kier molecular flexibility index (Phi) is 8.04. The average Bonchev–Trinajstić information content (AvgIpc) is 2.97. The van der Waals surface area contributed by atoms with Crippen molar-refractivity contribution in [2.45, 2.75) is 12.0 Å². The highest BCUT2D eigenvalue weighted by Gasteiger charge is 2.43. The van der Waals surface area contributed by atoms with Crippen LogP contribution < -0.4 is 33.7 Å². The van der Waals surface area contributed by atoms with Crippen molar-refractivity contribution in [1.82, 2.24) is 4.90 Å². The SMILES string of the molecule is COc1ccc([C@H]2[C@@H](C(=O)Nc3cc(OC)c(OC)c(OC)c3)c3cc(OC)c(OC)cc3C(=O)N2C)cc1. The van der Waals surface area contributed by atoms with E-state index < -0.39 is 12.0 Å². The number of amides is 2. The molecular weight excluding hydrogens is 504 g/mol. The van der Waals surface area contributed by atoms with Crippen molar-refractivity contribution in [3.05, 3.63) is 65.2 Å². The molecule has 1 aliphatic rings. The predicted octanol–water partition coefficient (Wildman–Crippen LogP) is 4.29. The maximum absolute atomic E-state index is 14.1. The number of rotatable bonds is 9. The summed E-state index contributed by atoms with van der Waals surface area (Å²) in [5, 5.41) is 2.99. The van der Waals surface area contributed by atoms with Gasteiger partial charge in [-0.05, 0) is 35.4 Å². The van der Waals surface area contributed by atoms with Crippen LogP contribution in [0.2, 0.25) is 0 Å². The molecule has 0 unspecified atom stereocenters. The van der Waals surface area contributed by atoms with Gasteiger partial charge in [0.15, 0.2) is 23.0 Å². The van der Waals surface area contributed by atoms with Crippen LogP contribution in [0.4, 0.5) is 5.69 Å². The molecule has 0 bridgehead atoms. The van der Waals surface area contributed by atoms with Crippen molar-refractivity contribution < 1.29 is 38.0 Å². The van der Waals surface area contributed by atoms with Gasteiger partial charge in [0.05, 0.1) is 54.6 Å². The number of likely N-dealkylation sites (N-methyl/N-ethyl adjacent to an activating group) is 1. The van der Waals surface area contributed by atoms with Crippen molar-refractivity contribution in [3.8, 4) is 34.5 Å². The van der Waals surface area contributed by atoms with Crippen LogP contribution in [-0.4, -0.2) is 66.4 Å². The molecule has 3 aromatic carbocycles. The Labute approximate surface area is 227 Å². The Morgan fingerprint density at radius 1 is 0.744 bits per heavy atom. The molecule has 0 saturated carbocycles. The number of anilines is 1. The Morgan fingerprint density at radius 3 is 1.82 bits per heavy atom. The molecule has 206 valence electrons. The fourth-order valence-corrected chi connectivity index (χ4v) is 4.92. The summed E-state index contributed by atoms with van der Waals surface area (Å²) in [7, 11) is 10.8. The standard InChI is InChI=1S/C29H32N2O8/c1-31-26(16-8-10-18(34-2)11-9-16)25(19-14-21(35-3)22(36-4)15-20(19)29(31)33)28(32)30-17-12-23(37-5)27(39-7)24(13-17)38-6/h8-15,25-26H,1-7H3,(H,30,32)/t25-,26-/m0/s1. The van der Waals surface area contributed by atoms with E-state index in [-0.39, 0.29) is 11.8 Å². The molecule has 1 aliphatic heterocycles. The number of methoxy groups -OCH3 is 6. The summed E-state index contributed by atoms with van der Waals surface area (Å²) in [6.07, 6.45) is 0. The molecule has 1 N–H and O–H groups in total. The average molecular weight is 537 g/mol. The van der Waals surface area contributed by atoms with E-state index >= 15 is 0 Å². The second kappa shape index (κ2) is 11.4. The molecule has 0 radical (unpaired) electrons. The number of nitrogens with zero attached hydrogens (tertiary/aromatic N) is 1. The van der Waals surface area contributed by atoms with Gasteiger partial charge in [0.1, 0.15) is 5.75 Å². The number of hydrogen-bond acceptors (Lipinski definition) is 8. The third-order valence-corrected chi connectivity index (χ3v) is 6.85. The maximum Gasteiger partial charge on any atom is 0.254 e. The minimum Gasteiger partial charge on any atom is -0.497 e. The van der Waals surface area contributed by atoms with E-state index in [0.717, 1.165) is 5.56 Å². The van der Waals surface area contributed by atoms with E-state index in [1.54, 1.807) is 55.5 Å². The molecule has 0 spiro atoms. The van der Waals surface area contributed by atoms with Gasteiger partial charge in [-0.2, -0.15) is 0 Å². The minimum absolute atomic E-state index is 0.247. The van der Waals surface area contributed by atoms with E-state index in [4.69, 9.17) is 28.4 Å². The summed E-state index contributed by atoms with van der Waals surface area (Å²) in [6.45, 7) is 0. The fourth-order valence-electron chi connectivity index (χ4n) is 4.92. The predicted molar refractivity (Wildman–Crippen MR) is 145 cm³/mol. The lowest BCUT2D eigenvalue weighted by atomic mass is 9.79. The quantitative estimate of drug-likeness (QED) is 0.432. The van der Waals surface area contributed by atoms with Gasteiger partial charge >= 0.3 is 0 Å². The van der Waals surface area contributed by atoms with Crippen molar-refractivity contribution in [2.24, 2.45) is 0 Å². The molecular formula is C29H32N2O8. The van der Waals surface area contributed by atoms with Gasteiger partial charge < -0.3 is 38.6 Å². The van der Waals surface area contributed by atoms with Crippen molar-refractivity contribution in [1.29, 1.82) is 0 Å². The highest BCUT2D eigenvalue weighted by molar-refractivity contribution is 6.05. The summed E-state index contributed by atoms with van der Waals surface area (Å²) in [4.78, 5) is 29.3. The second-order valence-corrected chi connectivity index (χ2v) is 8.81. The third kappa shape index (κ3) is 4.97. The first-order chi connectivity index (χ1) is 18.8. The monoisotopic (exact) mass is 536 g/mol. The van der Waals surface area contributed by atoms with E-state index in [9.17, 15) is 9.59 Å². The number of ether oxygens (including phenoxy) is 6. The topological polar surface area (TPSA) is 105 Å². The first-order valence-corrected chi connectivity index (χ1v) is 12.1. The van der Waals surface area contributed by atoms with Gasteiger partial charge in [-0.1, -0.05) is 12.1 Å². The fraction of sp³-hybridized carbons (Fsp3) is 0.310. The summed E-state index contributed by atoms with van der Waals surface area (Å²) in [5.74, 6) is 1.24. The Balaban J connectivity index is 1.87. The van der Waals surface area contributed by atoms with Crippen LogP contribution >= 0.6 is 0 Å². The number of carbonyl (C=O) groups excluding carboxylic acids is 2. The van der Waals surface area contributed by atoms with Crippen molar-refractivity contribution >= 4 is 17.5 Å². The van der Waals surface area contributed by atoms with E-state index in [1.165, 1.54) is 35.5 Å². The highest BCUT2D eigenvalue weighted by Crippen LogP contribution is 2.47. The Hall–Kier alpha value is -4.60. The Bertz CT molecular complexity index is 1350. The van der Waals surface area contributed by atoms with Gasteiger partial charge in [-0.15, -0.1) is 0 Å². The summed E-state index contributed by atoms with van der Waals surface area (Å²) in [6, 6.07) is 13.3. The van der Waals surface area contributed by atoms with E-state index in [2.05, 4.69) is 5.32 Å². The van der Waals surface area contributed by atoms with Crippen LogP contribution in [-0.2, 0) is 4.79 Å². The number of benzene rings is 3. The van der Waals surface area contributed by atoms with Crippen LogP contribution in [0.1, 0.15) is 33.4 Å². The molecule has 2 atom stereocenters. The lowest BCUT2D eigenvalue weighted by molar-refractivity contribution is -0.119. The van der Waals surface area contributed by atoms with Crippen LogP contribution in [0.5, 0.6) is 34.5 Å². The smallest absolute Gasteiger partial charge is 0.254 e. The number of hydrogen-bond donors (Lipinski definition) is 1. The van der Waals surface area contributed by atoms with Gasteiger partial charge in [0.2, 0.25) is 11.7 Å². The third-order valence-electron chi connectivity index (χ3n) is 6.85. The summed E-state index contributed by atoms with van der Waals surface area (Å²) in [5.41, 5.74) is 2.06. The lowest BCUT2D eigenvalue weighted by Crippen LogP contribution is -2.44. The first-order valence-electron chi connectivity index (χ1n) is 12.1. The first kappa shape index (κ1) is 27.4. The molecule has 10 nitrogen and oxygen atoms in total. The minimum atomic E-state index is -0.810. The molecule has 2 amide bonds. The molecule has 4 rings (SSSR count). The van der Waals surface area contributed by atoms with Crippen molar-refractivity contribution in [2.75, 3.05) is 55.0 Å². The summed E-state index contributed by atoms with van der Waals surface area (Å²) >= 11 is 0. The molecule has 0 aliphatic carbocycles. The molecule has 0 saturated heterocycles. The van der Waals surface area contributed by atoms with Crippen LogP contribution in [0.3, 0.4) is 0 Å². The molecule has 39 heavy (non-hydrogen) atoms. The zero-order valence-electron chi connectivity index (χ0n) is 23.0. The normalized spacial score (nSPS) is 16.2. The zero-order valence-corrected chi connectivity index (χ0v) is 23.0. The maximum atomic E-state index is 14.1. The van der Waals surface area contributed by atoms with Gasteiger partial charge in [-0.25, -0.2) is 0 Å². The van der Waals surface area contributed by atoms with Crippen LogP contribution in [0.15, 0.2) is 48.5 Å². The summed E-state index contributed by atoms with van der Waals surface area (Å²) < 4.78 is 32.6. The number of nitrogens with one attached hydrogen (secondary N) is 1. The molecule has 3 aromatic rings. The molecule has 0 fully saturated rings. The Morgan fingerprint density at radius 2 is 1.31 bits per heavy atom. The number of carbonyl (C=O) groups is 2. The van der Waals surface area contributed by atoms with Gasteiger partial charge in [0.25, 0.3) is 5.91 Å². The number of fused-ring (bicyclic) bond motifs is 1. The molecule has 1 heterocycles. The van der Waals surface area contributed by atoms with Crippen molar-refractivity contribution in [3.63, 3.8) is 0 Å². The largest absolute Gasteiger partial charge is 0.497 e.